The molecule has 0 radical (unpaired) electrons. The third-order valence-corrected chi connectivity index (χ3v) is 5.26. The first-order chi connectivity index (χ1) is 12.3. The molecule has 0 unspecified atom stereocenters. The number of sulfonamides is 1. The minimum Gasteiger partial charge on any atom is -0.495 e. The molecule has 2 rings (SSSR count). The summed E-state index contributed by atoms with van der Waals surface area (Å²) in [5.74, 6) is -0.362. The molecule has 2 N–H and O–H groups in total. The molecule has 0 saturated heterocycles. The Hall–Kier alpha value is -2.45. The fraction of sp³-hybridized carbons (Fsp3) is 0.235. The number of hydrogen-bond donors (Lipinski definition) is 2. The van der Waals surface area contributed by atoms with Gasteiger partial charge in [0.2, 0.25) is 0 Å². The highest BCUT2D eigenvalue weighted by Crippen LogP contribution is 2.36. The van der Waals surface area contributed by atoms with Gasteiger partial charge in [-0.2, -0.15) is 0 Å². The minimum atomic E-state index is -3.88. The van der Waals surface area contributed by atoms with E-state index in [1.54, 1.807) is 12.1 Å². The van der Waals surface area contributed by atoms with Crippen LogP contribution in [-0.2, 0) is 21.2 Å². The van der Waals surface area contributed by atoms with Crippen molar-refractivity contribution >= 4 is 33.3 Å². The Morgan fingerprint density at radius 3 is 2.27 bits per heavy atom. The standard InChI is InChI=1S/C17H18ClNO6S/c1-24-15-10-14(16(25-2)9-13(15)18)19-26(22,23)12-6-3-11(4-7-12)5-8-17(20)21/h3-4,6-7,9-10,19H,5,8H2,1-2H3,(H,20,21). The van der Waals surface area contributed by atoms with E-state index in [-0.39, 0.29) is 27.8 Å². The van der Waals surface area contributed by atoms with E-state index in [1.807, 2.05) is 0 Å². The molecule has 7 nitrogen and oxygen atoms in total. The average Bonchev–Trinajstić information content (AvgIpc) is 2.61. The van der Waals surface area contributed by atoms with E-state index >= 15 is 0 Å². The van der Waals surface area contributed by atoms with E-state index in [2.05, 4.69) is 4.72 Å². The lowest BCUT2D eigenvalue weighted by Crippen LogP contribution is -2.14. The van der Waals surface area contributed by atoms with Crippen LogP contribution in [0, 0.1) is 0 Å². The van der Waals surface area contributed by atoms with Gasteiger partial charge in [-0.3, -0.25) is 9.52 Å². The minimum absolute atomic E-state index is 0.0217. The van der Waals surface area contributed by atoms with E-state index in [4.69, 9.17) is 26.2 Å². The second kappa shape index (κ2) is 8.29. The summed E-state index contributed by atoms with van der Waals surface area (Å²) in [6.07, 6.45) is 0.303. The van der Waals surface area contributed by atoms with Crippen LogP contribution in [0.25, 0.3) is 0 Å². The molecule has 0 amide bonds. The first kappa shape index (κ1) is 19.9. The summed E-state index contributed by atoms with van der Waals surface area (Å²) >= 11 is 6.01. The number of hydrogen-bond acceptors (Lipinski definition) is 5. The van der Waals surface area contributed by atoms with Gasteiger partial charge < -0.3 is 14.6 Å². The van der Waals surface area contributed by atoms with Crippen LogP contribution >= 0.6 is 11.6 Å². The maximum Gasteiger partial charge on any atom is 0.303 e. The van der Waals surface area contributed by atoms with Crippen LogP contribution < -0.4 is 14.2 Å². The summed E-state index contributed by atoms with van der Waals surface area (Å²) in [5.41, 5.74) is 0.917. The smallest absolute Gasteiger partial charge is 0.303 e. The van der Waals surface area contributed by atoms with Gasteiger partial charge >= 0.3 is 5.97 Å². The number of aryl methyl sites for hydroxylation is 1. The van der Waals surface area contributed by atoms with Crippen LogP contribution in [0.15, 0.2) is 41.3 Å². The van der Waals surface area contributed by atoms with Gasteiger partial charge in [0.1, 0.15) is 11.5 Å². The van der Waals surface area contributed by atoms with Crippen molar-refractivity contribution in [1.82, 2.24) is 0 Å². The van der Waals surface area contributed by atoms with Crippen LogP contribution in [0.2, 0.25) is 5.02 Å². The highest BCUT2D eigenvalue weighted by molar-refractivity contribution is 7.92. The maximum atomic E-state index is 12.6. The molecule has 140 valence electrons. The zero-order valence-corrected chi connectivity index (χ0v) is 15.7. The summed E-state index contributed by atoms with van der Waals surface area (Å²) in [6.45, 7) is 0. The number of benzene rings is 2. The van der Waals surface area contributed by atoms with E-state index in [1.165, 1.54) is 38.5 Å². The Labute approximate surface area is 156 Å². The molecule has 0 spiro atoms. The van der Waals surface area contributed by atoms with Crippen molar-refractivity contribution in [3.63, 3.8) is 0 Å². The van der Waals surface area contributed by atoms with E-state index in [0.717, 1.165) is 5.56 Å². The summed E-state index contributed by atoms with van der Waals surface area (Å²) in [6, 6.07) is 8.87. The molecule has 0 atom stereocenters. The molecule has 2 aromatic carbocycles. The molecule has 0 aliphatic rings. The molecular weight excluding hydrogens is 382 g/mol. The van der Waals surface area contributed by atoms with Crippen molar-refractivity contribution in [2.45, 2.75) is 17.7 Å². The summed E-state index contributed by atoms with van der Waals surface area (Å²) < 4.78 is 37.9. The van der Waals surface area contributed by atoms with Gasteiger partial charge in [-0.25, -0.2) is 8.42 Å². The highest BCUT2D eigenvalue weighted by Gasteiger charge is 2.18. The summed E-state index contributed by atoms with van der Waals surface area (Å²) in [5, 5.41) is 8.98. The Bertz CT molecular complexity index is 896. The predicted molar refractivity (Wildman–Crippen MR) is 97.8 cm³/mol. The molecule has 0 aliphatic carbocycles. The molecule has 0 saturated carbocycles. The van der Waals surface area contributed by atoms with Crippen molar-refractivity contribution in [3.05, 3.63) is 47.0 Å². The molecule has 26 heavy (non-hydrogen) atoms. The van der Waals surface area contributed by atoms with Gasteiger partial charge in [0, 0.05) is 18.6 Å². The molecular formula is C17H18ClNO6S. The van der Waals surface area contributed by atoms with E-state index in [0.29, 0.717) is 12.2 Å². The Kier molecular flexibility index (Phi) is 6.33. The largest absolute Gasteiger partial charge is 0.495 e. The number of rotatable bonds is 8. The quantitative estimate of drug-likeness (QED) is 0.706. The zero-order valence-electron chi connectivity index (χ0n) is 14.2. The topological polar surface area (TPSA) is 102 Å². The number of carbonyl (C=O) groups is 1. The summed E-state index contributed by atoms with van der Waals surface area (Å²) in [7, 11) is -1.06. The van der Waals surface area contributed by atoms with Gasteiger partial charge in [0.25, 0.3) is 10.0 Å². The number of halogens is 1. The van der Waals surface area contributed by atoms with Gasteiger partial charge in [-0.15, -0.1) is 0 Å². The zero-order chi connectivity index (χ0) is 19.3. The maximum absolute atomic E-state index is 12.6. The van der Waals surface area contributed by atoms with Gasteiger partial charge in [-0.1, -0.05) is 23.7 Å². The lowest BCUT2D eigenvalue weighted by molar-refractivity contribution is -0.136. The SMILES string of the molecule is COc1cc(NS(=O)(=O)c2ccc(CCC(=O)O)cc2)c(OC)cc1Cl. The fourth-order valence-electron chi connectivity index (χ4n) is 2.23. The van der Waals surface area contributed by atoms with Crippen LogP contribution in [-0.4, -0.2) is 33.7 Å². The van der Waals surface area contributed by atoms with E-state index in [9.17, 15) is 13.2 Å². The fourth-order valence-corrected chi connectivity index (χ4v) is 3.52. The molecule has 0 aliphatic heterocycles. The number of nitrogens with one attached hydrogen (secondary N) is 1. The van der Waals surface area contributed by atoms with Gasteiger partial charge in [-0.05, 0) is 24.1 Å². The third-order valence-electron chi connectivity index (χ3n) is 3.58. The van der Waals surface area contributed by atoms with Crippen LogP contribution in [0.4, 0.5) is 5.69 Å². The van der Waals surface area contributed by atoms with Crippen molar-refractivity contribution in [1.29, 1.82) is 0 Å². The Balaban J connectivity index is 2.27. The first-order valence-electron chi connectivity index (χ1n) is 7.52. The first-order valence-corrected chi connectivity index (χ1v) is 9.38. The van der Waals surface area contributed by atoms with Crippen LogP contribution in [0.5, 0.6) is 11.5 Å². The number of aliphatic carboxylic acids is 1. The molecule has 0 heterocycles. The number of anilines is 1. The third kappa shape index (κ3) is 4.80. The van der Waals surface area contributed by atoms with Crippen molar-refractivity contribution in [2.75, 3.05) is 18.9 Å². The second-order valence-electron chi connectivity index (χ2n) is 5.33. The average molecular weight is 400 g/mol. The normalized spacial score (nSPS) is 11.0. The Morgan fingerprint density at radius 1 is 1.12 bits per heavy atom. The molecule has 0 fully saturated rings. The van der Waals surface area contributed by atoms with Crippen molar-refractivity contribution in [2.24, 2.45) is 0 Å². The predicted octanol–water partition coefficient (Wildman–Crippen LogP) is 3.18. The highest BCUT2D eigenvalue weighted by atomic mass is 35.5. The summed E-state index contributed by atoms with van der Waals surface area (Å²) in [4.78, 5) is 10.6. The number of carboxylic acids is 1. The van der Waals surface area contributed by atoms with Gasteiger partial charge in [0.15, 0.2) is 0 Å². The second-order valence-corrected chi connectivity index (χ2v) is 7.42. The van der Waals surface area contributed by atoms with Gasteiger partial charge in [0.05, 0.1) is 29.8 Å². The van der Waals surface area contributed by atoms with Crippen LogP contribution in [0.3, 0.4) is 0 Å². The molecule has 0 bridgehead atoms. The monoisotopic (exact) mass is 399 g/mol. The number of carboxylic acid groups (broad SMARTS) is 1. The lowest BCUT2D eigenvalue weighted by Gasteiger charge is -2.14. The lowest BCUT2D eigenvalue weighted by atomic mass is 10.1. The Morgan fingerprint density at radius 2 is 1.73 bits per heavy atom. The molecule has 0 aromatic heterocycles. The van der Waals surface area contributed by atoms with Crippen LogP contribution in [0.1, 0.15) is 12.0 Å². The number of methoxy groups -OCH3 is 2. The number of ether oxygens (including phenoxy) is 2. The van der Waals surface area contributed by atoms with E-state index < -0.39 is 16.0 Å². The van der Waals surface area contributed by atoms with Crippen molar-refractivity contribution in [3.8, 4) is 11.5 Å². The molecule has 2 aromatic rings. The molecule has 9 heteroatoms. The van der Waals surface area contributed by atoms with Crippen molar-refractivity contribution < 1.29 is 27.8 Å².